The number of esters is 1. The first kappa shape index (κ1) is 15.1. The SMILES string of the molecule is O=C(OCc1nc(-c2cccs2)no1)c1ccc(-n2cnnn2)cc1. The Kier molecular flexibility index (Phi) is 4.01. The van der Waals surface area contributed by atoms with E-state index in [0.29, 0.717) is 11.4 Å². The third kappa shape index (κ3) is 3.28. The summed E-state index contributed by atoms with van der Waals surface area (Å²) < 4.78 is 11.8. The van der Waals surface area contributed by atoms with Gasteiger partial charge in [0.2, 0.25) is 5.82 Å². The summed E-state index contributed by atoms with van der Waals surface area (Å²) >= 11 is 1.50. The second kappa shape index (κ2) is 6.61. The number of nitrogens with zero attached hydrogens (tertiary/aromatic N) is 6. The predicted octanol–water partition coefficient (Wildman–Crippen LogP) is 2.13. The highest BCUT2D eigenvalue weighted by molar-refractivity contribution is 7.13. The van der Waals surface area contributed by atoms with Gasteiger partial charge in [0.15, 0.2) is 6.61 Å². The molecule has 0 saturated carbocycles. The molecule has 4 aromatic rings. The van der Waals surface area contributed by atoms with Gasteiger partial charge in [0.05, 0.1) is 16.1 Å². The summed E-state index contributed by atoms with van der Waals surface area (Å²) in [6.45, 7) is -0.0913. The van der Waals surface area contributed by atoms with Crippen molar-refractivity contribution >= 4 is 17.3 Å². The standard InChI is InChI=1S/C15H10N6O3S/c22-15(10-3-5-11(6-4-10)21-9-16-19-20-21)23-8-13-17-14(18-24-13)12-2-1-7-25-12/h1-7,9H,8H2. The summed E-state index contributed by atoms with van der Waals surface area (Å²) in [5, 5.41) is 16.7. The summed E-state index contributed by atoms with van der Waals surface area (Å²) in [6.07, 6.45) is 1.47. The molecule has 0 bridgehead atoms. The number of carbonyl (C=O) groups is 1. The Balaban J connectivity index is 1.39. The minimum Gasteiger partial charge on any atom is -0.452 e. The third-order valence-corrected chi connectivity index (χ3v) is 4.12. The molecule has 0 fully saturated rings. The normalized spacial score (nSPS) is 10.7. The van der Waals surface area contributed by atoms with Gasteiger partial charge in [0.1, 0.15) is 6.33 Å². The first-order valence-corrected chi connectivity index (χ1v) is 8.04. The van der Waals surface area contributed by atoms with Crippen LogP contribution < -0.4 is 0 Å². The second-order valence-corrected chi connectivity index (χ2v) is 5.81. The monoisotopic (exact) mass is 354 g/mol. The molecule has 0 spiro atoms. The maximum Gasteiger partial charge on any atom is 0.338 e. The molecule has 4 rings (SSSR count). The lowest BCUT2D eigenvalue weighted by Gasteiger charge is -2.03. The molecule has 0 aliphatic carbocycles. The molecule has 0 amide bonds. The lowest BCUT2D eigenvalue weighted by molar-refractivity contribution is 0.0430. The molecule has 0 aliphatic heterocycles. The van der Waals surface area contributed by atoms with E-state index in [1.807, 2.05) is 17.5 Å². The Bertz CT molecular complexity index is 963. The summed E-state index contributed by atoms with van der Waals surface area (Å²) in [5.74, 6) is 0.230. The Morgan fingerprint density at radius 2 is 2.12 bits per heavy atom. The third-order valence-electron chi connectivity index (χ3n) is 3.25. The van der Waals surface area contributed by atoms with E-state index in [-0.39, 0.29) is 12.5 Å². The van der Waals surface area contributed by atoms with Crippen molar-refractivity contribution in [2.24, 2.45) is 0 Å². The summed E-state index contributed by atoms with van der Waals surface area (Å²) in [5.41, 5.74) is 1.13. The van der Waals surface area contributed by atoms with Crippen LogP contribution in [0.4, 0.5) is 0 Å². The van der Waals surface area contributed by atoms with E-state index < -0.39 is 5.97 Å². The average Bonchev–Trinajstić information content (AvgIpc) is 3.42. The molecule has 3 heterocycles. The largest absolute Gasteiger partial charge is 0.452 e. The van der Waals surface area contributed by atoms with Crippen molar-refractivity contribution in [3.05, 3.63) is 59.6 Å². The van der Waals surface area contributed by atoms with Crippen LogP contribution in [0.5, 0.6) is 0 Å². The van der Waals surface area contributed by atoms with Crippen molar-refractivity contribution in [3.63, 3.8) is 0 Å². The highest BCUT2D eigenvalue weighted by Gasteiger charge is 2.13. The molecule has 0 N–H and O–H groups in total. The first-order valence-electron chi connectivity index (χ1n) is 7.16. The molecule has 0 unspecified atom stereocenters. The maximum atomic E-state index is 12.1. The van der Waals surface area contributed by atoms with Crippen LogP contribution in [0.25, 0.3) is 16.4 Å². The molecule has 0 aliphatic rings. The van der Waals surface area contributed by atoms with Crippen LogP contribution in [0.1, 0.15) is 16.2 Å². The second-order valence-electron chi connectivity index (χ2n) is 4.87. The Morgan fingerprint density at radius 1 is 1.24 bits per heavy atom. The van der Waals surface area contributed by atoms with Gasteiger partial charge in [-0.3, -0.25) is 0 Å². The van der Waals surface area contributed by atoms with E-state index >= 15 is 0 Å². The average molecular weight is 354 g/mol. The molecule has 0 saturated heterocycles. The van der Waals surface area contributed by atoms with Crippen LogP contribution in [0.15, 0.2) is 52.6 Å². The van der Waals surface area contributed by atoms with Crippen LogP contribution in [-0.2, 0) is 11.3 Å². The number of aromatic nitrogens is 6. The fourth-order valence-corrected chi connectivity index (χ4v) is 2.71. The summed E-state index contributed by atoms with van der Waals surface area (Å²) in [4.78, 5) is 17.2. The van der Waals surface area contributed by atoms with Crippen LogP contribution >= 0.6 is 11.3 Å². The van der Waals surface area contributed by atoms with Crippen LogP contribution in [0.3, 0.4) is 0 Å². The van der Waals surface area contributed by atoms with Gasteiger partial charge < -0.3 is 9.26 Å². The summed E-state index contributed by atoms with van der Waals surface area (Å²) in [7, 11) is 0. The van der Waals surface area contributed by atoms with Crippen LogP contribution in [-0.4, -0.2) is 36.3 Å². The van der Waals surface area contributed by atoms with Crippen molar-refractivity contribution in [2.75, 3.05) is 0 Å². The lowest BCUT2D eigenvalue weighted by Crippen LogP contribution is -2.06. The number of hydrogen-bond donors (Lipinski definition) is 0. The molecule has 1 aromatic carbocycles. The predicted molar refractivity (Wildman–Crippen MR) is 85.9 cm³/mol. The molecule has 3 aromatic heterocycles. The molecule has 10 heteroatoms. The number of hydrogen-bond acceptors (Lipinski definition) is 9. The minimum absolute atomic E-state index is 0.0913. The highest BCUT2D eigenvalue weighted by atomic mass is 32.1. The molecule has 0 radical (unpaired) electrons. The van der Waals surface area contributed by atoms with Gasteiger partial charge in [-0.15, -0.1) is 16.4 Å². The van der Waals surface area contributed by atoms with Crippen molar-refractivity contribution in [2.45, 2.75) is 6.61 Å². The van der Waals surface area contributed by atoms with Gasteiger partial charge in [-0.05, 0) is 46.1 Å². The zero-order valence-corrected chi connectivity index (χ0v) is 13.5. The Labute approximate surface area is 144 Å². The van der Waals surface area contributed by atoms with Gasteiger partial charge >= 0.3 is 5.97 Å². The fourth-order valence-electron chi connectivity index (χ4n) is 2.06. The quantitative estimate of drug-likeness (QED) is 0.501. The van der Waals surface area contributed by atoms with E-state index in [0.717, 1.165) is 10.6 Å². The Hall–Kier alpha value is -3.40. The molecular formula is C15H10N6O3S. The number of rotatable bonds is 5. The van der Waals surface area contributed by atoms with Gasteiger partial charge in [0.25, 0.3) is 5.89 Å². The summed E-state index contributed by atoms with van der Waals surface area (Å²) in [6, 6.07) is 10.5. The van der Waals surface area contributed by atoms with Crippen LogP contribution in [0, 0.1) is 0 Å². The van der Waals surface area contributed by atoms with E-state index in [1.165, 1.54) is 22.3 Å². The van der Waals surface area contributed by atoms with Gasteiger partial charge in [-0.25, -0.2) is 9.48 Å². The van der Waals surface area contributed by atoms with E-state index in [1.54, 1.807) is 24.3 Å². The number of carbonyl (C=O) groups excluding carboxylic acids is 1. The van der Waals surface area contributed by atoms with Crippen molar-refractivity contribution in [1.82, 2.24) is 30.3 Å². The van der Waals surface area contributed by atoms with Crippen LogP contribution in [0.2, 0.25) is 0 Å². The number of benzene rings is 1. The zero-order valence-electron chi connectivity index (χ0n) is 12.6. The van der Waals surface area contributed by atoms with Gasteiger partial charge in [-0.2, -0.15) is 4.98 Å². The van der Waals surface area contributed by atoms with Crippen molar-refractivity contribution in [1.29, 1.82) is 0 Å². The van der Waals surface area contributed by atoms with Crippen molar-refractivity contribution < 1.29 is 14.1 Å². The van der Waals surface area contributed by atoms with E-state index in [4.69, 9.17) is 9.26 Å². The van der Waals surface area contributed by atoms with E-state index in [9.17, 15) is 4.79 Å². The lowest BCUT2D eigenvalue weighted by atomic mass is 10.2. The smallest absolute Gasteiger partial charge is 0.338 e. The Morgan fingerprint density at radius 3 is 2.84 bits per heavy atom. The molecular weight excluding hydrogens is 344 g/mol. The molecule has 0 atom stereocenters. The molecule has 9 nitrogen and oxygen atoms in total. The van der Waals surface area contributed by atoms with Gasteiger partial charge in [-0.1, -0.05) is 11.2 Å². The topological polar surface area (TPSA) is 109 Å². The molecule has 124 valence electrons. The minimum atomic E-state index is -0.487. The van der Waals surface area contributed by atoms with Gasteiger partial charge in [0, 0.05) is 0 Å². The first-order chi connectivity index (χ1) is 12.3. The van der Waals surface area contributed by atoms with E-state index in [2.05, 4.69) is 25.7 Å². The molecule has 25 heavy (non-hydrogen) atoms. The number of thiophene rings is 1. The number of ether oxygens (including phenoxy) is 1. The van der Waals surface area contributed by atoms with Crippen molar-refractivity contribution in [3.8, 4) is 16.4 Å². The highest BCUT2D eigenvalue weighted by Crippen LogP contribution is 2.21. The fraction of sp³-hybridized carbons (Fsp3) is 0.0667. The number of tetrazole rings is 1. The maximum absolute atomic E-state index is 12.1. The zero-order chi connectivity index (χ0) is 17.1.